The summed E-state index contributed by atoms with van der Waals surface area (Å²) in [6.07, 6.45) is -21.1. The zero-order valence-electron chi connectivity index (χ0n) is 17.3. The van der Waals surface area contributed by atoms with E-state index in [4.69, 9.17) is 11.5 Å². The lowest BCUT2D eigenvalue weighted by atomic mass is 9.88. The van der Waals surface area contributed by atoms with Crippen molar-refractivity contribution in [2.45, 2.75) is 24.7 Å². The molecular weight excluding hydrogens is 520 g/mol. The van der Waals surface area contributed by atoms with Crippen LogP contribution in [0.1, 0.15) is 22.3 Å². The normalized spacial score (nSPS) is 13.2. The van der Waals surface area contributed by atoms with Crippen molar-refractivity contribution in [2.24, 2.45) is 0 Å². The number of hydrogen-bond donors (Lipinski definition) is 2. The van der Waals surface area contributed by atoms with Gasteiger partial charge in [-0.1, -0.05) is 12.1 Å². The molecule has 36 heavy (non-hydrogen) atoms. The van der Waals surface area contributed by atoms with Crippen molar-refractivity contribution < 1.29 is 52.7 Å². The Labute approximate surface area is 194 Å². The maximum Gasteiger partial charge on any atom is 0.418 e. The van der Waals surface area contributed by atoms with Gasteiger partial charge in [0.25, 0.3) is 0 Å². The van der Waals surface area contributed by atoms with E-state index in [9.17, 15) is 52.7 Å². The van der Waals surface area contributed by atoms with Gasteiger partial charge in [0, 0.05) is 11.4 Å². The first-order valence-corrected chi connectivity index (χ1v) is 9.48. The molecule has 3 aromatic carbocycles. The molecule has 3 rings (SSSR count). The molecule has 0 fully saturated rings. The first kappa shape index (κ1) is 27.0. The second-order valence-corrected chi connectivity index (χ2v) is 7.54. The van der Waals surface area contributed by atoms with Crippen LogP contribution in [0.2, 0.25) is 0 Å². The molecule has 0 aliphatic heterocycles. The van der Waals surface area contributed by atoms with Crippen LogP contribution in [-0.2, 0) is 24.7 Å². The van der Waals surface area contributed by atoms with Crippen molar-refractivity contribution in [3.8, 4) is 22.3 Å². The Balaban J connectivity index is 2.42. The van der Waals surface area contributed by atoms with Crippen molar-refractivity contribution in [1.82, 2.24) is 0 Å². The Kier molecular flexibility index (Phi) is 6.39. The van der Waals surface area contributed by atoms with Crippen LogP contribution in [0.25, 0.3) is 22.3 Å². The molecule has 2 nitrogen and oxygen atoms in total. The molecule has 0 bridgehead atoms. The van der Waals surface area contributed by atoms with E-state index in [0.717, 1.165) is 0 Å². The van der Waals surface area contributed by atoms with Gasteiger partial charge in [-0.25, -0.2) is 0 Å². The molecule has 0 amide bonds. The van der Waals surface area contributed by atoms with Crippen molar-refractivity contribution >= 4 is 11.4 Å². The first-order chi connectivity index (χ1) is 16.2. The number of benzene rings is 3. The number of halogens is 12. The molecule has 0 saturated heterocycles. The molecule has 0 aliphatic rings. The third-order valence-corrected chi connectivity index (χ3v) is 5.11. The van der Waals surface area contributed by atoms with E-state index < -0.39 is 80.6 Å². The standard InChI is InChI=1S/C22H12F12N2/c23-19(24,25)13-8-12(10-2-4-18(36)16(6-10)22(32,33)34)14(20(26,27)28)7-11(13)9-1-3-17(35)15(5-9)21(29,30)31/h1-8H,35-36H2. The fraction of sp³-hybridized carbons (Fsp3) is 0.182. The zero-order chi connectivity index (χ0) is 27.4. The van der Waals surface area contributed by atoms with Gasteiger partial charge in [-0.15, -0.1) is 0 Å². The number of alkyl halides is 12. The molecule has 3 aromatic rings. The van der Waals surface area contributed by atoms with Crippen LogP contribution < -0.4 is 11.5 Å². The fourth-order valence-electron chi connectivity index (χ4n) is 3.49. The van der Waals surface area contributed by atoms with Crippen LogP contribution in [0.3, 0.4) is 0 Å². The lowest BCUT2D eigenvalue weighted by Gasteiger charge is -2.21. The highest BCUT2D eigenvalue weighted by atomic mass is 19.4. The molecule has 0 saturated carbocycles. The van der Waals surface area contributed by atoms with Gasteiger partial charge in [-0.2, -0.15) is 52.7 Å². The van der Waals surface area contributed by atoms with E-state index in [-0.39, 0.29) is 24.3 Å². The van der Waals surface area contributed by atoms with Crippen molar-refractivity contribution in [3.63, 3.8) is 0 Å². The van der Waals surface area contributed by atoms with Crippen LogP contribution >= 0.6 is 0 Å². The summed E-state index contributed by atoms with van der Waals surface area (Å²) in [5.41, 5.74) is -2.48. The second-order valence-electron chi connectivity index (χ2n) is 7.54. The molecule has 0 heterocycles. The highest BCUT2D eigenvalue weighted by molar-refractivity contribution is 5.80. The van der Waals surface area contributed by atoms with Gasteiger partial charge < -0.3 is 11.5 Å². The number of rotatable bonds is 2. The largest absolute Gasteiger partial charge is 0.418 e. The second kappa shape index (κ2) is 8.52. The van der Waals surface area contributed by atoms with Crippen molar-refractivity contribution in [1.29, 1.82) is 0 Å². The van der Waals surface area contributed by atoms with Crippen LogP contribution in [0.5, 0.6) is 0 Å². The molecule has 0 aliphatic carbocycles. The Bertz CT molecular complexity index is 1200. The number of nitrogens with two attached hydrogens (primary N) is 2. The summed E-state index contributed by atoms with van der Waals surface area (Å²) in [6, 6.07) is 2.68. The maximum absolute atomic E-state index is 13.9. The average Bonchev–Trinajstić information content (AvgIpc) is 2.70. The fourth-order valence-corrected chi connectivity index (χ4v) is 3.49. The summed E-state index contributed by atoms with van der Waals surface area (Å²) in [4.78, 5) is 0. The van der Waals surface area contributed by atoms with Crippen LogP contribution in [0.15, 0.2) is 48.5 Å². The Morgan fingerprint density at radius 2 is 0.667 bits per heavy atom. The number of nitrogen functional groups attached to an aromatic ring is 2. The molecule has 0 aromatic heterocycles. The average molecular weight is 532 g/mol. The summed E-state index contributed by atoms with van der Waals surface area (Å²) in [5.74, 6) is 0. The van der Waals surface area contributed by atoms with Gasteiger partial charge in [0.05, 0.1) is 22.3 Å². The molecule has 0 spiro atoms. The summed E-state index contributed by atoms with van der Waals surface area (Å²) in [7, 11) is 0. The number of hydrogen-bond acceptors (Lipinski definition) is 2. The van der Waals surface area contributed by atoms with E-state index in [2.05, 4.69) is 0 Å². The molecule has 0 atom stereocenters. The van der Waals surface area contributed by atoms with Crippen molar-refractivity contribution in [2.75, 3.05) is 11.5 Å². The van der Waals surface area contributed by atoms with Gasteiger partial charge in [0.1, 0.15) is 0 Å². The van der Waals surface area contributed by atoms with Crippen LogP contribution in [0.4, 0.5) is 64.1 Å². The van der Waals surface area contributed by atoms with Gasteiger partial charge in [0.2, 0.25) is 0 Å². The molecule has 14 heteroatoms. The highest BCUT2D eigenvalue weighted by Crippen LogP contribution is 2.47. The van der Waals surface area contributed by atoms with Crippen LogP contribution in [0, 0.1) is 0 Å². The summed E-state index contributed by atoms with van der Waals surface area (Å²) in [6.45, 7) is 0. The lowest BCUT2D eigenvalue weighted by Crippen LogP contribution is -2.14. The third-order valence-electron chi connectivity index (χ3n) is 5.11. The molecule has 0 unspecified atom stereocenters. The SMILES string of the molecule is Nc1ccc(-c2cc(C(F)(F)F)c(-c3ccc(N)c(C(F)(F)F)c3)cc2C(F)(F)F)cc1C(F)(F)F. The summed E-state index contributed by atoms with van der Waals surface area (Å²) >= 11 is 0. The minimum absolute atomic E-state index is 0.0620. The topological polar surface area (TPSA) is 52.0 Å². The molecule has 0 radical (unpaired) electrons. The first-order valence-electron chi connectivity index (χ1n) is 9.48. The zero-order valence-corrected chi connectivity index (χ0v) is 17.3. The minimum atomic E-state index is -5.41. The minimum Gasteiger partial charge on any atom is -0.398 e. The van der Waals surface area contributed by atoms with E-state index in [1.54, 1.807) is 0 Å². The van der Waals surface area contributed by atoms with Gasteiger partial charge in [-0.3, -0.25) is 0 Å². The molecule has 4 N–H and O–H groups in total. The number of anilines is 2. The summed E-state index contributed by atoms with van der Waals surface area (Å²) in [5, 5.41) is 0. The Hall–Kier alpha value is -3.58. The highest BCUT2D eigenvalue weighted by Gasteiger charge is 2.41. The molecular formula is C22H12F12N2. The van der Waals surface area contributed by atoms with E-state index in [1.165, 1.54) is 0 Å². The van der Waals surface area contributed by atoms with Crippen LogP contribution in [-0.4, -0.2) is 0 Å². The smallest absolute Gasteiger partial charge is 0.398 e. The molecule has 194 valence electrons. The van der Waals surface area contributed by atoms with Gasteiger partial charge in [0.15, 0.2) is 0 Å². The van der Waals surface area contributed by atoms with E-state index in [0.29, 0.717) is 24.3 Å². The van der Waals surface area contributed by atoms with Gasteiger partial charge >= 0.3 is 24.7 Å². The lowest BCUT2D eigenvalue weighted by molar-refractivity contribution is -0.140. The summed E-state index contributed by atoms with van der Waals surface area (Å²) < 4.78 is 163. The van der Waals surface area contributed by atoms with E-state index >= 15 is 0 Å². The van der Waals surface area contributed by atoms with E-state index in [1.807, 2.05) is 0 Å². The third kappa shape index (κ3) is 5.31. The Morgan fingerprint density at radius 3 is 0.917 bits per heavy atom. The quantitative estimate of drug-likeness (QED) is 0.258. The Morgan fingerprint density at radius 1 is 0.389 bits per heavy atom. The maximum atomic E-state index is 13.9. The van der Waals surface area contributed by atoms with Gasteiger partial charge in [-0.05, 0) is 58.7 Å². The van der Waals surface area contributed by atoms with Crippen molar-refractivity contribution in [3.05, 3.63) is 70.8 Å². The predicted molar refractivity (Wildman–Crippen MR) is 106 cm³/mol. The predicted octanol–water partition coefficient (Wildman–Crippen LogP) is 8.26. The monoisotopic (exact) mass is 532 g/mol.